The van der Waals surface area contributed by atoms with Crippen LogP contribution in [0.5, 0.6) is 0 Å². The number of nitrogens with zero attached hydrogens (tertiary/aromatic N) is 2. The van der Waals surface area contributed by atoms with Gasteiger partial charge < -0.3 is 9.30 Å². The number of aromatic nitrogens is 1. The van der Waals surface area contributed by atoms with Crippen molar-refractivity contribution in [2.45, 2.75) is 33.2 Å². The highest BCUT2D eigenvalue weighted by Gasteiger charge is 2.10. The second kappa shape index (κ2) is 8.43. The van der Waals surface area contributed by atoms with Crippen molar-refractivity contribution in [1.82, 2.24) is 4.57 Å². The van der Waals surface area contributed by atoms with Crippen LogP contribution in [0.3, 0.4) is 0 Å². The van der Waals surface area contributed by atoms with Gasteiger partial charge in [-0.3, -0.25) is 4.79 Å². The fraction of sp³-hybridized carbons (Fsp3) is 0.333. The summed E-state index contributed by atoms with van der Waals surface area (Å²) in [6.07, 6.45) is 1.13. The van der Waals surface area contributed by atoms with Crippen LogP contribution in [0.1, 0.15) is 23.1 Å². The molecule has 0 aliphatic rings. The SMILES string of the molecule is COCCn1c(=NC(=O)CCc2ccccc2)sc2cc(C)c(C)cc21. The lowest BCUT2D eigenvalue weighted by Crippen LogP contribution is -2.19. The van der Waals surface area contributed by atoms with Crippen molar-refractivity contribution in [1.29, 1.82) is 0 Å². The molecule has 136 valence electrons. The molecule has 0 N–H and O–H groups in total. The van der Waals surface area contributed by atoms with E-state index in [1.54, 1.807) is 18.4 Å². The molecule has 5 heteroatoms. The molecule has 0 spiro atoms. The van der Waals surface area contributed by atoms with Crippen molar-refractivity contribution in [3.8, 4) is 0 Å². The van der Waals surface area contributed by atoms with Gasteiger partial charge in [0.15, 0.2) is 4.80 Å². The first-order chi connectivity index (χ1) is 12.6. The maximum atomic E-state index is 12.4. The molecule has 0 saturated carbocycles. The highest BCUT2D eigenvalue weighted by Crippen LogP contribution is 2.22. The molecule has 0 unspecified atom stereocenters. The molecular weight excluding hydrogens is 344 g/mol. The highest BCUT2D eigenvalue weighted by molar-refractivity contribution is 7.16. The van der Waals surface area contributed by atoms with E-state index in [0.717, 1.165) is 20.6 Å². The average molecular weight is 369 g/mol. The summed E-state index contributed by atoms with van der Waals surface area (Å²) in [4.78, 5) is 17.6. The third kappa shape index (κ3) is 4.29. The minimum atomic E-state index is -0.0833. The number of hydrogen-bond acceptors (Lipinski definition) is 3. The number of thiazole rings is 1. The molecule has 0 radical (unpaired) electrons. The third-order valence-corrected chi connectivity index (χ3v) is 5.55. The minimum absolute atomic E-state index is 0.0833. The zero-order valence-corrected chi connectivity index (χ0v) is 16.3. The van der Waals surface area contributed by atoms with Crippen LogP contribution in [0, 0.1) is 13.8 Å². The molecule has 0 bridgehead atoms. The van der Waals surface area contributed by atoms with E-state index in [1.807, 2.05) is 30.3 Å². The Morgan fingerprint density at radius 3 is 2.62 bits per heavy atom. The number of amides is 1. The second-order valence-electron chi connectivity index (χ2n) is 6.42. The van der Waals surface area contributed by atoms with E-state index in [2.05, 4.69) is 35.5 Å². The Labute approximate surface area is 157 Å². The van der Waals surface area contributed by atoms with Gasteiger partial charge >= 0.3 is 0 Å². The molecule has 1 amide bonds. The van der Waals surface area contributed by atoms with Crippen LogP contribution in [0.25, 0.3) is 10.2 Å². The monoisotopic (exact) mass is 368 g/mol. The first-order valence-corrected chi connectivity index (χ1v) is 9.61. The van der Waals surface area contributed by atoms with E-state index in [-0.39, 0.29) is 5.91 Å². The first kappa shape index (κ1) is 18.5. The van der Waals surface area contributed by atoms with E-state index in [4.69, 9.17) is 4.74 Å². The van der Waals surface area contributed by atoms with Crippen molar-refractivity contribution in [2.24, 2.45) is 4.99 Å². The van der Waals surface area contributed by atoms with Gasteiger partial charge in [0.25, 0.3) is 0 Å². The van der Waals surface area contributed by atoms with Gasteiger partial charge in [-0.15, -0.1) is 0 Å². The van der Waals surface area contributed by atoms with Crippen LogP contribution in [0.2, 0.25) is 0 Å². The lowest BCUT2D eigenvalue weighted by Gasteiger charge is -2.06. The number of hydrogen-bond donors (Lipinski definition) is 0. The van der Waals surface area contributed by atoms with Crippen molar-refractivity contribution in [2.75, 3.05) is 13.7 Å². The Bertz CT molecular complexity index is 971. The molecular formula is C21H24N2O2S. The van der Waals surface area contributed by atoms with Crippen molar-refractivity contribution in [3.05, 3.63) is 64.0 Å². The van der Waals surface area contributed by atoms with Gasteiger partial charge in [-0.1, -0.05) is 41.7 Å². The topological polar surface area (TPSA) is 43.6 Å². The molecule has 2 aromatic carbocycles. The average Bonchev–Trinajstić information content (AvgIpc) is 2.95. The van der Waals surface area contributed by atoms with Gasteiger partial charge in [-0.25, -0.2) is 0 Å². The predicted octanol–water partition coefficient (Wildman–Crippen LogP) is 4.03. The summed E-state index contributed by atoms with van der Waals surface area (Å²) in [6, 6.07) is 14.4. The number of carbonyl (C=O) groups is 1. The fourth-order valence-corrected chi connectivity index (χ4v) is 4.02. The van der Waals surface area contributed by atoms with Crippen LogP contribution < -0.4 is 4.80 Å². The van der Waals surface area contributed by atoms with Crippen molar-refractivity contribution < 1.29 is 9.53 Å². The summed E-state index contributed by atoms with van der Waals surface area (Å²) in [5.74, 6) is -0.0833. The van der Waals surface area contributed by atoms with Gasteiger partial charge in [0.1, 0.15) is 0 Å². The van der Waals surface area contributed by atoms with E-state index in [9.17, 15) is 4.79 Å². The number of ether oxygens (including phenoxy) is 1. The molecule has 3 aromatic rings. The molecule has 4 nitrogen and oxygen atoms in total. The van der Waals surface area contributed by atoms with Crippen LogP contribution in [-0.2, 0) is 22.5 Å². The molecule has 0 fully saturated rings. The van der Waals surface area contributed by atoms with Gasteiger partial charge in [0.05, 0.1) is 16.8 Å². The number of rotatable bonds is 6. The Kier molecular flexibility index (Phi) is 6.01. The van der Waals surface area contributed by atoms with E-state index in [1.165, 1.54) is 11.1 Å². The Hall–Kier alpha value is -2.24. The standard InChI is InChI=1S/C21H24N2O2S/c1-15-13-18-19(14-16(15)2)26-21(23(18)11-12-25-3)22-20(24)10-9-17-7-5-4-6-8-17/h4-8,13-14H,9-12H2,1-3H3. The molecule has 0 aliphatic carbocycles. The predicted molar refractivity (Wildman–Crippen MR) is 106 cm³/mol. The minimum Gasteiger partial charge on any atom is -0.383 e. The quantitative estimate of drug-likeness (QED) is 0.659. The lowest BCUT2D eigenvalue weighted by atomic mass is 10.1. The van der Waals surface area contributed by atoms with Gasteiger partial charge in [0.2, 0.25) is 5.91 Å². The molecule has 26 heavy (non-hydrogen) atoms. The third-order valence-electron chi connectivity index (χ3n) is 4.51. The number of aryl methyl sites for hydroxylation is 3. The zero-order chi connectivity index (χ0) is 18.5. The number of benzene rings is 2. The van der Waals surface area contributed by atoms with Crippen LogP contribution in [0.4, 0.5) is 0 Å². The van der Waals surface area contributed by atoms with Gasteiger partial charge in [0, 0.05) is 20.1 Å². The van der Waals surface area contributed by atoms with Crippen molar-refractivity contribution in [3.63, 3.8) is 0 Å². The van der Waals surface area contributed by atoms with E-state index in [0.29, 0.717) is 26.0 Å². The van der Waals surface area contributed by atoms with Gasteiger partial charge in [-0.05, 0) is 49.1 Å². The number of methoxy groups -OCH3 is 1. The summed E-state index contributed by atoms with van der Waals surface area (Å²) in [5.41, 5.74) is 4.76. The Morgan fingerprint density at radius 1 is 1.15 bits per heavy atom. The van der Waals surface area contributed by atoms with Crippen LogP contribution >= 0.6 is 11.3 Å². The maximum Gasteiger partial charge on any atom is 0.248 e. The summed E-state index contributed by atoms with van der Waals surface area (Å²) in [6.45, 7) is 5.48. The smallest absolute Gasteiger partial charge is 0.248 e. The van der Waals surface area contributed by atoms with E-state index < -0.39 is 0 Å². The molecule has 1 heterocycles. The molecule has 3 rings (SSSR count). The largest absolute Gasteiger partial charge is 0.383 e. The van der Waals surface area contributed by atoms with Crippen molar-refractivity contribution >= 4 is 27.5 Å². The summed E-state index contributed by atoms with van der Waals surface area (Å²) in [7, 11) is 1.69. The Morgan fingerprint density at radius 2 is 1.88 bits per heavy atom. The van der Waals surface area contributed by atoms with Crippen LogP contribution in [-0.4, -0.2) is 24.2 Å². The lowest BCUT2D eigenvalue weighted by molar-refractivity contribution is -0.118. The maximum absolute atomic E-state index is 12.4. The second-order valence-corrected chi connectivity index (χ2v) is 7.43. The first-order valence-electron chi connectivity index (χ1n) is 8.79. The molecule has 1 aromatic heterocycles. The molecule has 0 aliphatic heterocycles. The van der Waals surface area contributed by atoms with Gasteiger partial charge in [-0.2, -0.15) is 4.99 Å². The Balaban J connectivity index is 1.91. The number of fused-ring (bicyclic) bond motifs is 1. The normalized spacial score (nSPS) is 12.0. The molecule has 0 atom stereocenters. The highest BCUT2D eigenvalue weighted by atomic mass is 32.1. The van der Waals surface area contributed by atoms with Crippen LogP contribution in [0.15, 0.2) is 47.5 Å². The zero-order valence-electron chi connectivity index (χ0n) is 15.5. The fourth-order valence-electron chi connectivity index (χ4n) is 2.86. The summed E-state index contributed by atoms with van der Waals surface area (Å²) >= 11 is 1.57. The summed E-state index contributed by atoms with van der Waals surface area (Å²) < 4.78 is 8.49. The summed E-state index contributed by atoms with van der Waals surface area (Å²) in [5, 5.41) is 0. The van der Waals surface area contributed by atoms with E-state index >= 15 is 0 Å². The number of carbonyl (C=O) groups excluding carboxylic acids is 1. The molecule has 0 saturated heterocycles.